The molecule has 3 rings (SSSR count). The molecule has 4 heteroatoms. The molecule has 23 heavy (non-hydrogen) atoms. The van der Waals surface area contributed by atoms with E-state index < -0.39 is 0 Å². The van der Waals surface area contributed by atoms with Gasteiger partial charge in [0.05, 0.1) is 6.42 Å². The Hall–Kier alpha value is -1.91. The summed E-state index contributed by atoms with van der Waals surface area (Å²) in [5, 5.41) is 2.03. The molecule has 2 heterocycles. The molecular weight excluding hydrogens is 304 g/mol. The van der Waals surface area contributed by atoms with Crippen LogP contribution in [0.2, 0.25) is 0 Å². The first-order valence-electron chi connectivity index (χ1n) is 8.05. The summed E-state index contributed by atoms with van der Waals surface area (Å²) >= 11 is 1.66. The van der Waals surface area contributed by atoms with Crippen LogP contribution in [-0.4, -0.2) is 48.4 Å². The fourth-order valence-corrected chi connectivity index (χ4v) is 3.45. The summed E-state index contributed by atoms with van der Waals surface area (Å²) in [4.78, 5) is 17.8. The molecule has 120 valence electrons. The van der Waals surface area contributed by atoms with Crippen molar-refractivity contribution in [2.75, 3.05) is 32.7 Å². The zero-order valence-electron chi connectivity index (χ0n) is 13.2. The molecule has 0 bridgehead atoms. The van der Waals surface area contributed by atoms with Crippen LogP contribution >= 0.6 is 11.3 Å². The molecular formula is C19H22N2OS. The van der Waals surface area contributed by atoms with Crippen LogP contribution in [0.3, 0.4) is 0 Å². The van der Waals surface area contributed by atoms with Crippen molar-refractivity contribution in [2.45, 2.75) is 6.42 Å². The van der Waals surface area contributed by atoms with E-state index in [1.807, 2.05) is 28.5 Å². The number of benzene rings is 1. The summed E-state index contributed by atoms with van der Waals surface area (Å²) in [5.74, 6) is 0.256. The van der Waals surface area contributed by atoms with Gasteiger partial charge < -0.3 is 4.90 Å². The number of hydrogen-bond acceptors (Lipinski definition) is 3. The third kappa shape index (κ3) is 4.78. The average molecular weight is 326 g/mol. The molecule has 2 aromatic rings. The lowest BCUT2D eigenvalue weighted by molar-refractivity contribution is -0.132. The van der Waals surface area contributed by atoms with Gasteiger partial charge in [0.25, 0.3) is 0 Å². The van der Waals surface area contributed by atoms with Crippen LogP contribution in [0.4, 0.5) is 0 Å². The molecule has 0 unspecified atom stereocenters. The summed E-state index contributed by atoms with van der Waals surface area (Å²) in [7, 11) is 0. The SMILES string of the molecule is O=C(Cc1cccs1)N1CCN(C/C=C/c2ccccc2)CC1. The molecule has 1 amide bonds. The minimum absolute atomic E-state index is 0.256. The number of rotatable bonds is 5. The fourth-order valence-electron chi connectivity index (χ4n) is 2.76. The number of piperazine rings is 1. The smallest absolute Gasteiger partial charge is 0.227 e. The highest BCUT2D eigenvalue weighted by Crippen LogP contribution is 2.12. The Balaban J connectivity index is 1.41. The molecule has 3 nitrogen and oxygen atoms in total. The maximum Gasteiger partial charge on any atom is 0.227 e. The zero-order valence-corrected chi connectivity index (χ0v) is 14.0. The minimum Gasteiger partial charge on any atom is -0.340 e. The average Bonchev–Trinajstić information content (AvgIpc) is 3.09. The molecule has 1 aliphatic heterocycles. The molecule has 1 fully saturated rings. The van der Waals surface area contributed by atoms with Crippen molar-refractivity contribution in [3.63, 3.8) is 0 Å². The maximum atomic E-state index is 12.3. The minimum atomic E-state index is 0.256. The van der Waals surface area contributed by atoms with Crippen molar-refractivity contribution < 1.29 is 4.79 Å². The number of carbonyl (C=O) groups is 1. The molecule has 1 aromatic heterocycles. The fraction of sp³-hybridized carbons (Fsp3) is 0.316. The van der Waals surface area contributed by atoms with Gasteiger partial charge in [0.15, 0.2) is 0 Å². The maximum absolute atomic E-state index is 12.3. The van der Waals surface area contributed by atoms with Gasteiger partial charge in [-0.2, -0.15) is 0 Å². The second kappa shape index (κ2) is 8.09. The third-order valence-corrected chi connectivity index (χ3v) is 4.98. The van der Waals surface area contributed by atoms with Gasteiger partial charge >= 0.3 is 0 Å². The second-order valence-corrected chi connectivity index (χ2v) is 6.78. The highest BCUT2D eigenvalue weighted by molar-refractivity contribution is 7.10. The van der Waals surface area contributed by atoms with Crippen molar-refractivity contribution in [3.05, 3.63) is 64.4 Å². The predicted molar refractivity (Wildman–Crippen MR) is 96.5 cm³/mol. The Kier molecular flexibility index (Phi) is 5.61. The molecule has 0 aliphatic carbocycles. The Morgan fingerprint density at radius 1 is 1.04 bits per heavy atom. The molecule has 1 saturated heterocycles. The quantitative estimate of drug-likeness (QED) is 0.843. The lowest BCUT2D eigenvalue weighted by Crippen LogP contribution is -2.49. The van der Waals surface area contributed by atoms with E-state index in [1.165, 1.54) is 5.56 Å². The van der Waals surface area contributed by atoms with Gasteiger partial charge in [-0.3, -0.25) is 9.69 Å². The summed E-state index contributed by atoms with van der Waals surface area (Å²) in [6, 6.07) is 14.4. The Morgan fingerprint density at radius 2 is 1.83 bits per heavy atom. The molecule has 0 spiro atoms. The van der Waals surface area contributed by atoms with E-state index in [0.29, 0.717) is 6.42 Å². The summed E-state index contributed by atoms with van der Waals surface area (Å²) in [6.07, 6.45) is 4.92. The zero-order chi connectivity index (χ0) is 15.9. The topological polar surface area (TPSA) is 23.6 Å². The molecule has 0 saturated carbocycles. The van der Waals surface area contributed by atoms with Gasteiger partial charge in [-0.05, 0) is 17.0 Å². The highest BCUT2D eigenvalue weighted by Gasteiger charge is 2.20. The molecule has 0 radical (unpaired) electrons. The number of nitrogens with zero attached hydrogens (tertiary/aromatic N) is 2. The first-order valence-corrected chi connectivity index (χ1v) is 8.93. The number of hydrogen-bond donors (Lipinski definition) is 0. The van der Waals surface area contributed by atoms with Crippen LogP contribution in [-0.2, 0) is 11.2 Å². The van der Waals surface area contributed by atoms with Gasteiger partial charge in [-0.25, -0.2) is 0 Å². The van der Waals surface area contributed by atoms with Crippen LogP contribution in [0.25, 0.3) is 6.08 Å². The van der Waals surface area contributed by atoms with Gasteiger partial charge in [0.2, 0.25) is 5.91 Å². The highest BCUT2D eigenvalue weighted by atomic mass is 32.1. The lowest BCUT2D eigenvalue weighted by Gasteiger charge is -2.34. The summed E-state index contributed by atoms with van der Waals surface area (Å²) in [6.45, 7) is 4.53. The number of carbonyl (C=O) groups excluding carboxylic acids is 1. The van der Waals surface area contributed by atoms with Gasteiger partial charge in [0, 0.05) is 37.6 Å². The number of amides is 1. The number of thiophene rings is 1. The van der Waals surface area contributed by atoms with E-state index in [2.05, 4.69) is 41.3 Å². The van der Waals surface area contributed by atoms with E-state index in [4.69, 9.17) is 0 Å². The Labute approximate surface area is 141 Å². The van der Waals surface area contributed by atoms with Crippen molar-refractivity contribution in [2.24, 2.45) is 0 Å². The molecule has 0 N–H and O–H groups in total. The van der Waals surface area contributed by atoms with E-state index in [-0.39, 0.29) is 5.91 Å². The summed E-state index contributed by atoms with van der Waals surface area (Å²) in [5.41, 5.74) is 1.23. The van der Waals surface area contributed by atoms with E-state index >= 15 is 0 Å². The van der Waals surface area contributed by atoms with Crippen LogP contribution in [0.1, 0.15) is 10.4 Å². The van der Waals surface area contributed by atoms with Crippen molar-refractivity contribution in [3.8, 4) is 0 Å². The van der Waals surface area contributed by atoms with Crippen LogP contribution < -0.4 is 0 Å². The predicted octanol–water partition coefficient (Wildman–Crippen LogP) is 3.15. The van der Waals surface area contributed by atoms with Crippen molar-refractivity contribution in [1.82, 2.24) is 9.80 Å². The monoisotopic (exact) mass is 326 g/mol. The van der Waals surface area contributed by atoms with Crippen molar-refractivity contribution in [1.29, 1.82) is 0 Å². The Morgan fingerprint density at radius 3 is 2.52 bits per heavy atom. The molecule has 0 atom stereocenters. The van der Waals surface area contributed by atoms with Crippen molar-refractivity contribution >= 4 is 23.3 Å². The molecule has 1 aliphatic rings. The first-order chi connectivity index (χ1) is 11.3. The third-order valence-electron chi connectivity index (χ3n) is 4.10. The second-order valence-electron chi connectivity index (χ2n) is 5.75. The van der Waals surface area contributed by atoms with E-state index in [1.54, 1.807) is 11.3 Å². The van der Waals surface area contributed by atoms with Gasteiger partial charge in [-0.1, -0.05) is 48.6 Å². The first kappa shape index (κ1) is 16.0. The van der Waals surface area contributed by atoms with Gasteiger partial charge in [0.1, 0.15) is 0 Å². The summed E-state index contributed by atoms with van der Waals surface area (Å²) < 4.78 is 0. The van der Waals surface area contributed by atoms with Gasteiger partial charge in [-0.15, -0.1) is 11.3 Å². The molecule has 1 aromatic carbocycles. The lowest BCUT2D eigenvalue weighted by atomic mass is 10.2. The van der Waals surface area contributed by atoms with Crippen LogP contribution in [0, 0.1) is 0 Å². The van der Waals surface area contributed by atoms with Crippen LogP contribution in [0.15, 0.2) is 53.9 Å². The standard InChI is InChI=1S/C19H22N2OS/c22-19(16-18-9-5-15-23-18)21-13-11-20(12-14-21)10-4-8-17-6-2-1-3-7-17/h1-9,15H,10-14,16H2/b8-4+. The van der Waals surface area contributed by atoms with E-state index in [0.717, 1.165) is 37.6 Å². The van der Waals surface area contributed by atoms with Crippen LogP contribution in [0.5, 0.6) is 0 Å². The normalized spacial score (nSPS) is 16.1. The Bertz CT molecular complexity index is 629. The largest absolute Gasteiger partial charge is 0.340 e. The van der Waals surface area contributed by atoms with E-state index in [9.17, 15) is 4.79 Å².